The van der Waals surface area contributed by atoms with Gasteiger partial charge in [0.2, 0.25) is 0 Å². The number of aromatic nitrogens is 3. The summed E-state index contributed by atoms with van der Waals surface area (Å²) in [6, 6.07) is 1.88. The number of carbonyl (C=O) groups is 1. The number of nitrogens with zero attached hydrogens (tertiary/aromatic N) is 3. The largest absolute Gasteiger partial charge is 0.384 e. The van der Waals surface area contributed by atoms with Crippen LogP contribution in [-0.4, -0.2) is 40.5 Å². The van der Waals surface area contributed by atoms with Crippen LogP contribution in [0.1, 0.15) is 34.6 Å². The summed E-state index contributed by atoms with van der Waals surface area (Å²) < 4.78 is 0. The van der Waals surface area contributed by atoms with Gasteiger partial charge in [-0.05, 0) is 37.9 Å². The number of nitrogens with one attached hydrogen (secondary N) is 2. The fourth-order valence-corrected chi connectivity index (χ4v) is 2.90. The van der Waals surface area contributed by atoms with Crippen LogP contribution in [0.2, 0.25) is 0 Å². The van der Waals surface area contributed by atoms with E-state index in [2.05, 4.69) is 25.6 Å². The highest BCUT2D eigenvalue weighted by molar-refractivity contribution is 5.98. The number of primary amides is 1. The summed E-state index contributed by atoms with van der Waals surface area (Å²) in [6.45, 7) is 2.89. The third-order valence-corrected chi connectivity index (χ3v) is 4.19. The first-order valence-corrected chi connectivity index (χ1v) is 8.20. The molecular weight excluding hydrogens is 304 g/mol. The molecule has 126 valence electrons. The number of hydrogen-bond acceptors (Lipinski definition) is 6. The number of pyridine rings is 1. The number of piperidine rings is 1. The number of anilines is 1. The van der Waals surface area contributed by atoms with Crippen LogP contribution in [0.25, 0.3) is 0 Å². The highest BCUT2D eigenvalue weighted by Gasteiger charge is 2.15. The van der Waals surface area contributed by atoms with E-state index in [9.17, 15) is 4.79 Å². The standard InChI is InChI=1S/C17H22N6O/c18-17(24)15-11-22-13(6-14-10-20-4-5-21-14)7-16(15)23-9-12-2-1-3-19-8-12/h4-5,7,10-12,19H,1-3,6,8-9H2,(H2,18,24)(H,22,23). The molecule has 3 rings (SSSR count). The van der Waals surface area contributed by atoms with Gasteiger partial charge in [0, 0.05) is 43.4 Å². The highest BCUT2D eigenvalue weighted by atomic mass is 16.1. The number of hydrogen-bond donors (Lipinski definition) is 3. The van der Waals surface area contributed by atoms with E-state index >= 15 is 0 Å². The van der Waals surface area contributed by atoms with Gasteiger partial charge >= 0.3 is 0 Å². The molecule has 1 amide bonds. The maximum Gasteiger partial charge on any atom is 0.252 e. The van der Waals surface area contributed by atoms with E-state index in [0.29, 0.717) is 17.9 Å². The van der Waals surface area contributed by atoms with Crippen LogP contribution in [0, 0.1) is 5.92 Å². The molecule has 7 heteroatoms. The van der Waals surface area contributed by atoms with Gasteiger partial charge in [0.15, 0.2) is 0 Å². The van der Waals surface area contributed by atoms with Crippen LogP contribution in [0.4, 0.5) is 5.69 Å². The van der Waals surface area contributed by atoms with E-state index in [-0.39, 0.29) is 0 Å². The molecule has 1 saturated heterocycles. The molecule has 0 spiro atoms. The molecule has 2 aromatic rings. The summed E-state index contributed by atoms with van der Waals surface area (Å²) >= 11 is 0. The molecule has 0 bridgehead atoms. The maximum atomic E-state index is 11.7. The monoisotopic (exact) mass is 326 g/mol. The molecular formula is C17H22N6O. The van der Waals surface area contributed by atoms with Crippen molar-refractivity contribution in [1.29, 1.82) is 0 Å². The fourth-order valence-electron chi connectivity index (χ4n) is 2.90. The maximum absolute atomic E-state index is 11.7. The van der Waals surface area contributed by atoms with Crippen molar-refractivity contribution in [3.05, 3.63) is 47.8 Å². The Morgan fingerprint density at radius 2 is 2.21 bits per heavy atom. The summed E-state index contributed by atoms with van der Waals surface area (Å²) in [5.41, 5.74) is 8.28. The molecule has 0 radical (unpaired) electrons. The molecule has 3 heterocycles. The minimum atomic E-state index is -0.474. The zero-order chi connectivity index (χ0) is 16.8. The molecule has 1 aliphatic heterocycles. The van der Waals surface area contributed by atoms with Crippen LogP contribution in [0.15, 0.2) is 30.9 Å². The normalized spacial score (nSPS) is 17.4. The van der Waals surface area contributed by atoms with Gasteiger partial charge < -0.3 is 16.4 Å². The molecule has 0 aliphatic carbocycles. The first-order chi connectivity index (χ1) is 11.7. The lowest BCUT2D eigenvalue weighted by Gasteiger charge is -2.24. The Balaban J connectivity index is 1.74. The molecule has 1 aliphatic rings. The van der Waals surface area contributed by atoms with Crippen LogP contribution in [0.3, 0.4) is 0 Å². The second-order valence-corrected chi connectivity index (χ2v) is 6.05. The second-order valence-electron chi connectivity index (χ2n) is 6.05. The second kappa shape index (κ2) is 7.83. The smallest absolute Gasteiger partial charge is 0.252 e. The number of amides is 1. The first-order valence-electron chi connectivity index (χ1n) is 8.20. The molecule has 1 unspecified atom stereocenters. The summed E-state index contributed by atoms with van der Waals surface area (Å²) in [5.74, 6) is 0.0777. The summed E-state index contributed by atoms with van der Waals surface area (Å²) in [4.78, 5) is 24.3. The first kappa shape index (κ1) is 16.3. The Hall–Kier alpha value is -2.54. The Morgan fingerprint density at radius 3 is 2.92 bits per heavy atom. The third-order valence-electron chi connectivity index (χ3n) is 4.19. The van der Waals surface area contributed by atoms with Crippen LogP contribution >= 0.6 is 0 Å². The van der Waals surface area contributed by atoms with E-state index in [0.717, 1.165) is 36.7 Å². The number of rotatable bonds is 6. The van der Waals surface area contributed by atoms with E-state index in [4.69, 9.17) is 5.73 Å². The van der Waals surface area contributed by atoms with Gasteiger partial charge in [-0.1, -0.05) is 0 Å². The molecule has 0 saturated carbocycles. The van der Waals surface area contributed by atoms with E-state index in [1.54, 1.807) is 18.6 Å². The van der Waals surface area contributed by atoms with Crippen molar-refractivity contribution in [2.45, 2.75) is 19.3 Å². The Kier molecular flexibility index (Phi) is 5.32. The lowest BCUT2D eigenvalue weighted by atomic mass is 9.99. The highest BCUT2D eigenvalue weighted by Crippen LogP contribution is 2.19. The van der Waals surface area contributed by atoms with Crippen LogP contribution in [0.5, 0.6) is 0 Å². The van der Waals surface area contributed by atoms with Crippen molar-refractivity contribution in [3.63, 3.8) is 0 Å². The minimum Gasteiger partial charge on any atom is -0.384 e. The number of carbonyl (C=O) groups excluding carboxylic acids is 1. The van der Waals surface area contributed by atoms with E-state index in [1.807, 2.05) is 6.07 Å². The lowest BCUT2D eigenvalue weighted by molar-refractivity contribution is 0.100. The Morgan fingerprint density at radius 1 is 1.29 bits per heavy atom. The topological polar surface area (TPSA) is 106 Å². The lowest BCUT2D eigenvalue weighted by Crippen LogP contribution is -2.33. The predicted octanol–water partition coefficient (Wildman–Crippen LogP) is 0.973. The van der Waals surface area contributed by atoms with Crippen molar-refractivity contribution < 1.29 is 4.79 Å². The Bertz CT molecular complexity index is 685. The third kappa shape index (κ3) is 4.26. The zero-order valence-electron chi connectivity index (χ0n) is 13.5. The summed E-state index contributed by atoms with van der Waals surface area (Å²) in [5, 5.41) is 6.77. The zero-order valence-corrected chi connectivity index (χ0v) is 13.5. The van der Waals surface area contributed by atoms with Gasteiger partial charge in [0.05, 0.1) is 16.9 Å². The van der Waals surface area contributed by atoms with Gasteiger partial charge in [-0.15, -0.1) is 0 Å². The molecule has 0 aromatic carbocycles. The summed E-state index contributed by atoms with van der Waals surface area (Å²) in [6.07, 6.45) is 9.47. The average Bonchev–Trinajstić information content (AvgIpc) is 2.61. The van der Waals surface area contributed by atoms with Gasteiger partial charge in [-0.2, -0.15) is 0 Å². The average molecular weight is 326 g/mol. The number of nitrogens with two attached hydrogens (primary N) is 1. The quantitative estimate of drug-likeness (QED) is 0.730. The van der Waals surface area contributed by atoms with Gasteiger partial charge in [-0.3, -0.25) is 19.7 Å². The van der Waals surface area contributed by atoms with E-state index in [1.165, 1.54) is 19.0 Å². The Labute approximate surface area is 141 Å². The SMILES string of the molecule is NC(=O)c1cnc(Cc2cnccn2)cc1NCC1CCCNC1. The minimum absolute atomic E-state index is 0.418. The fraction of sp³-hybridized carbons (Fsp3) is 0.412. The predicted molar refractivity (Wildman–Crippen MR) is 91.7 cm³/mol. The van der Waals surface area contributed by atoms with Crippen molar-refractivity contribution in [2.75, 3.05) is 25.0 Å². The van der Waals surface area contributed by atoms with E-state index < -0.39 is 5.91 Å². The van der Waals surface area contributed by atoms with Gasteiger partial charge in [-0.25, -0.2) is 0 Å². The summed E-state index contributed by atoms with van der Waals surface area (Å²) in [7, 11) is 0. The molecule has 1 fully saturated rings. The molecule has 4 N–H and O–H groups in total. The van der Waals surface area contributed by atoms with Crippen molar-refractivity contribution in [2.24, 2.45) is 11.7 Å². The molecule has 7 nitrogen and oxygen atoms in total. The van der Waals surface area contributed by atoms with Crippen LogP contribution < -0.4 is 16.4 Å². The molecule has 2 aromatic heterocycles. The molecule has 1 atom stereocenters. The molecule has 24 heavy (non-hydrogen) atoms. The van der Waals surface area contributed by atoms with Crippen molar-refractivity contribution in [1.82, 2.24) is 20.3 Å². The van der Waals surface area contributed by atoms with Gasteiger partial charge in [0.25, 0.3) is 5.91 Å². The van der Waals surface area contributed by atoms with Gasteiger partial charge in [0.1, 0.15) is 0 Å². The van der Waals surface area contributed by atoms with Crippen molar-refractivity contribution in [3.8, 4) is 0 Å². The van der Waals surface area contributed by atoms with Crippen LogP contribution in [-0.2, 0) is 6.42 Å². The van der Waals surface area contributed by atoms with Crippen molar-refractivity contribution >= 4 is 11.6 Å².